The average Bonchev–Trinajstić information content (AvgIpc) is 2.93. The molecule has 0 aromatic carbocycles. The molecule has 8 nitrogen and oxygen atoms in total. The maximum Gasteiger partial charge on any atom is 0.216 e. The van der Waals surface area contributed by atoms with Gasteiger partial charge in [0.15, 0.2) is 5.96 Å². The maximum absolute atomic E-state index is 12.4. The summed E-state index contributed by atoms with van der Waals surface area (Å²) in [6, 6.07) is 0. The first kappa shape index (κ1) is 22.1. The Hall–Kier alpha value is -1.23. The average molecular weight is 418 g/mol. The van der Waals surface area contributed by atoms with Gasteiger partial charge in [-0.2, -0.15) is 4.31 Å². The molecule has 0 saturated carbocycles. The van der Waals surface area contributed by atoms with Crippen molar-refractivity contribution in [2.24, 2.45) is 4.99 Å². The molecule has 1 aromatic heterocycles. The lowest BCUT2D eigenvalue weighted by atomic mass is 10.4. The summed E-state index contributed by atoms with van der Waals surface area (Å²) in [5.41, 5.74) is 1.06. The van der Waals surface area contributed by atoms with Gasteiger partial charge in [-0.05, 0) is 27.7 Å². The van der Waals surface area contributed by atoms with Gasteiger partial charge in [-0.1, -0.05) is 0 Å². The van der Waals surface area contributed by atoms with Gasteiger partial charge in [0, 0.05) is 38.1 Å². The number of hydrogen-bond acceptors (Lipinski definition) is 6. The Labute approximate surface area is 166 Å². The van der Waals surface area contributed by atoms with Gasteiger partial charge in [0.25, 0.3) is 0 Å². The second-order valence-corrected chi connectivity index (χ2v) is 10.1. The lowest BCUT2D eigenvalue weighted by molar-refractivity contribution is 0.0904. The number of thiazole rings is 1. The van der Waals surface area contributed by atoms with E-state index in [4.69, 9.17) is 4.74 Å². The molecule has 1 fully saturated rings. The Morgan fingerprint density at radius 3 is 2.48 bits per heavy atom. The number of rotatable bonds is 7. The lowest BCUT2D eigenvalue weighted by Crippen LogP contribution is -2.54. The van der Waals surface area contributed by atoms with Crippen molar-refractivity contribution in [1.29, 1.82) is 0 Å². The molecule has 0 atom stereocenters. The highest BCUT2D eigenvalue weighted by molar-refractivity contribution is 7.89. The molecule has 0 unspecified atom stereocenters. The molecule has 1 N–H and O–H groups in total. The van der Waals surface area contributed by atoms with E-state index < -0.39 is 10.0 Å². The Balaban J connectivity index is 1.83. The van der Waals surface area contributed by atoms with Crippen molar-refractivity contribution in [2.75, 3.05) is 45.6 Å². The van der Waals surface area contributed by atoms with Crippen LogP contribution in [0.5, 0.6) is 0 Å². The largest absolute Gasteiger partial charge is 0.378 e. The molecule has 1 aromatic rings. The van der Waals surface area contributed by atoms with Gasteiger partial charge in [-0.15, -0.1) is 11.3 Å². The molecule has 1 aliphatic rings. The van der Waals surface area contributed by atoms with Gasteiger partial charge in [-0.25, -0.2) is 13.4 Å². The molecular weight excluding hydrogens is 386 g/mol. The van der Waals surface area contributed by atoms with E-state index in [-0.39, 0.29) is 18.5 Å². The summed E-state index contributed by atoms with van der Waals surface area (Å²) in [4.78, 5) is 12.2. The van der Waals surface area contributed by atoms with Crippen molar-refractivity contribution in [3.8, 4) is 0 Å². The van der Waals surface area contributed by atoms with E-state index in [9.17, 15) is 8.42 Å². The minimum absolute atomic E-state index is 0.0287. The zero-order valence-electron chi connectivity index (χ0n) is 16.9. The van der Waals surface area contributed by atoms with E-state index in [1.165, 1.54) is 4.88 Å². The van der Waals surface area contributed by atoms with Crippen LogP contribution in [0.1, 0.15) is 29.4 Å². The highest BCUT2D eigenvalue weighted by atomic mass is 32.2. The second kappa shape index (κ2) is 9.81. The summed E-state index contributed by atoms with van der Waals surface area (Å²) >= 11 is 1.68. The number of nitrogens with one attached hydrogen (secondary N) is 1. The van der Waals surface area contributed by atoms with Crippen molar-refractivity contribution in [3.05, 3.63) is 15.6 Å². The van der Waals surface area contributed by atoms with E-state index >= 15 is 0 Å². The quantitative estimate of drug-likeness (QED) is 0.530. The van der Waals surface area contributed by atoms with Crippen LogP contribution in [-0.2, 0) is 21.3 Å². The maximum atomic E-state index is 12.4. The first-order valence-corrected chi connectivity index (χ1v) is 11.6. The SMILES string of the molecule is CN=C(NCc1nc(C)c(C)s1)N1CCN(S(=O)(=O)CCOC(C)C)CC1. The summed E-state index contributed by atoms with van der Waals surface area (Å²) in [6.45, 7) is 10.9. The number of ether oxygens (including phenoxy) is 1. The molecular formula is C17H31N5O3S2. The third-order valence-corrected chi connectivity index (χ3v) is 7.31. The fourth-order valence-electron chi connectivity index (χ4n) is 2.80. The van der Waals surface area contributed by atoms with Crippen LogP contribution < -0.4 is 5.32 Å². The number of nitrogens with zero attached hydrogens (tertiary/aromatic N) is 4. The third-order valence-electron chi connectivity index (χ3n) is 4.41. The van der Waals surface area contributed by atoms with Crippen molar-refractivity contribution < 1.29 is 13.2 Å². The topological polar surface area (TPSA) is 87.1 Å². The van der Waals surface area contributed by atoms with Crippen molar-refractivity contribution in [2.45, 2.75) is 40.3 Å². The van der Waals surface area contributed by atoms with Gasteiger partial charge in [-0.3, -0.25) is 4.99 Å². The number of guanidine groups is 1. The number of aromatic nitrogens is 1. The molecule has 0 radical (unpaired) electrons. The fourth-order valence-corrected chi connectivity index (χ4v) is 4.96. The fraction of sp³-hybridized carbons (Fsp3) is 0.765. The minimum atomic E-state index is -3.28. The molecule has 1 aliphatic heterocycles. The normalized spacial score (nSPS) is 17.0. The van der Waals surface area contributed by atoms with Crippen LogP contribution in [0.4, 0.5) is 0 Å². The van der Waals surface area contributed by atoms with Gasteiger partial charge < -0.3 is 15.0 Å². The van der Waals surface area contributed by atoms with Crippen LogP contribution in [0, 0.1) is 13.8 Å². The second-order valence-electron chi connectivity index (χ2n) is 6.77. The van der Waals surface area contributed by atoms with Crippen molar-refractivity contribution in [1.82, 2.24) is 19.5 Å². The van der Waals surface area contributed by atoms with Gasteiger partial charge in [0.2, 0.25) is 10.0 Å². The van der Waals surface area contributed by atoms with Crippen LogP contribution in [0.2, 0.25) is 0 Å². The number of aliphatic imine (C=N–C) groups is 1. The van der Waals surface area contributed by atoms with E-state index in [2.05, 4.69) is 27.1 Å². The summed E-state index contributed by atoms with van der Waals surface area (Å²) in [5, 5.41) is 4.36. The predicted molar refractivity (Wildman–Crippen MR) is 110 cm³/mol. The van der Waals surface area contributed by atoms with E-state index in [1.54, 1.807) is 22.7 Å². The zero-order chi connectivity index (χ0) is 20.0. The van der Waals surface area contributed by atoms with Crippen molar-refractivity contribution in [3.63, 3.8) is 0 Å². The first-order valence-electron chi connectivity index (χ1n) is 9.21. The predicted octanol–water partition coefficient (Wildman–Crippen LogP) is 1.21. The molecule has 10 heteroatoms. The summed E-state index contributed by atoms with van der Waals surface area (Å²) in [6.07, 6.45) is 0.0388. The number of piperazine rings is 1. The Bertz CT molecular complexity index is 718. The Morgan fingerprint density at radius 1 is 1.30 bits per heavy atom. The van der Waals surface area contributed by atoms with E-state index in [0.717, 1.165) is 16.7 Å². The highest BCUT2D eigenvalue weighted by Gasteiger charge is 2.28. The van der Waals surface area contributed by atoms with Gasteiger partial charge in [0.05, 0.1) is 30.7 Å². The summed E-state index contributed by atoms with van der Waals surface area (Å²) in [7, 11) is -1.54. The molecule has 0 bridgehead atoms. The van der Waals surface area contributed by atoms with Crippen molar-refractivity contribution >= 4 is 27.3 Å². The van der Waals surface area contributed by atoms with Gasteiger partial charge >= 0.3 is 0 Å². The van der Waals surface area contributed by atoms with Crippen LogP contribution in [-0.4, -0.2) is 80.3 Å². The minimum Gasteiger partial charge on any atom is -0.378 e. The monoisotopic (exact) mass is 417 g/mol. The molecule has 0 spiro atoms. The molecule has 27 heavy (non-hydrogen) atoms. The van der Waals surface area contributed by atoms with E-state index in [0.29, 0.717) is 32.7 Å². The molecule has 2 rings (SSSR count). The Kier molecular flexibility index (Phi) is 8.02. The third kappa shape index (κ3) is 6.41. The van der Waals surface area contributed by atoms with E-state index in [1.807, 2.05) is 20.8 Å². The van der Waals surface area contributed by atoms with Crippen LogP contribution >= 0.6 is 11.3 Å². The summed E-state index contributed by atoms with van der Waals surface area (Å²) in [5.74, 6) is 0.807. The van der Waals surface area contributed by atoms with Crippen LogP contribution in [0.15, 0.2) is 4.99 Å². The molecule has 154 valence electrons. The zero-order valence-corrected chi connectivity index (χ0v) is 18.5. The molecule has 0 aliphatic carbocycles. The lowest BCUT2D eigenvalue weighted by Gasteiger charge is -2.35. The standard InChI is InChI=1S/C17H31N5O3S2/c1-13(2)25-10-11-27(23,24)22-8-6-21(7-9-22)17(18-5)19-12-16-20-14(3)15(4)26-16/h13H,6-12H2,1-5H3,(H,18,19). The van der Waals surface area contributed by atoms with Gasteiger partial charge in [0.1, 0.15) is 5.01 Å². The highest BCUT2D eigenvalue weighted by Crippen LogP contribution is 2.16. The van der Waals surface area contributed by atoms with Crippen LogP contribution in [0.25, 0.3) is 0 Å². The first-order chi connectivity index (χ1) is 12.7. The Morgan fingerprint density at radius 2 is 1.96 bits per heavy atom. The molecule has 0 amide bonds. The molecule has 2 heterocycles. The number of aryl methyl sites for hydroxylation is 2. The molecule has 1 saturated heterocycles. The van der Waals surface area contributed by atoms with Crippen LogP contribution in [0.3, 0.4) is 0 Å². The smallest absolute Gasteiger partial charge is 0.216 e. The number of hydrogen-bond donors (Lipinski definition) is 1. The summed E-state index contributed by atoms with van der Waals surface area (Å²) < 4.78 is 31.8. The number of sulfonamides is 1.